The predicted molar refractivity (Wildman–Crippen MR) is 77.0 cm³/mol. The van der Waals surface area contributed by atoms with Gasteiger partial charge in [0, 0.05) is 23.9 Å². The van der Waals surface area contributed by atoms with E-state index in [0.29, 0.717) is 17.0 Å². The molecule has 0 fully saturated rings. The van der Waals surface area contributed by atoms with Gasteiger partial charge in [0.05, 0.1) is 0 Å². The Morgan fingerprint density at radius 3 is 2.53 bits per heavy atom. The molecule has 19 heavy (non-hydrogen) atoms. The van der Waals surface area contributed by atoms with Gasteiger partial charge in [0.2, 0.25) is 0 Å². The zero-order chi connectivity index (χ0) is 14.0. The second-order valence-electron chi connectivity index (χ2n) is 4.98. The predicted octanol–water partition coefficient (Wildman–Crippen LogP) is 3.77. The average molecular weight is 280 g/mol. The first-order chi connectivity index (χ1) is 8.99. The van der Waals surface area contributed by atoms with Crippen molar-refractivity contribution >= 4 is 23.2 Å². The Hall–Kier alpha value is -1.62. The molecule has 1 N–H and O–H groups in total. The maximum absolute atomic E-state index is 6.13. The molecule has 102 valence electrons. The summed E-state index contributed by atoms with van der Waals surface area (Å²) in [6.07, 6.45) is 3.39. The van der Waals surface area contributed by atoms with Crippen LogP contribution < -0.4 is 5.32 Å². The topological polar surface area (TPSA) is 55.6 Å². The van der Waals surface area contributed by atoms with Crippen LogP contribution in [-0.4, -0.2) is 19.7 Å². The molecule has 5 nitrogen and oxygen atoms in total. The van der Waals surface area contributed by atoms with Crippen LogP contribution in [-0.2, 0) is 0 Å². The second kappa shape index (κ2) is 5.57. The van der Waals surface area contributed by atoms with Crippen LogP contribution in [0.5, 0.6) is 0 Å². The van der Waals surface area contributed by atoms with Crippen LogP contribution in [0.3, 0.4) is 0 Å². The monoisotopic (exact) mass is 279 g/mol. The zero-order valence-electron chi connectivity index (χ0n) is 11.6. The summed E-state index contributed by atoms with van der Waals surface area (Å²) in [7, 11) is 0. The van der Waals surface area contributed by atoms with Crippen molar-refractivity contribution in [2.45, 2.75) is 39.7 Å². The summed E-state index contributed by atoms with van der Waals surface area (Å²) in [5.74, 6) is 1.71. The Bertz CT molecular complexity index is 562. The van der Waals surface area contributed by atoms with E-state index in [2.05, 4.69) is 48.1 Å². The van der Waals surface area contributed by atoms with Gasteiger partial charge in [0.25, 0.3) is 0 Å². The van der Waals surface area contributed by atoms with Crippen molar-refractivity contribution in [2.75, 3.05) is 5.32 Å². The molecule has 2 aromatic heterocycles. The minimum absolute atomic E-state index is 0.239. The minimum atomic E-state index is 0.239. The van der Waals surface area contributed by atoms with Crippen LogP contribution in [0, 0.1) is 0 Å². The first kappa shape index (κ1) is 13.8. The van der Waals surface area contributed by atoms with E-state index in [1.54, 1.807) is 0 Å². The Morgan fingerprint density at radius 2 is 1.95 bits per heavy atom. The SMILES string of the molecule is CC(C)c1c(Cl)ncnc1Nc1ccn(C(C)C)n1. The van der Waals surface area contributed by atoms with Crippen LogP contribution in [0.15, 0.2) is 18.6 Å². The number of aromatic nitrogens is 4. The highest BCUT2D eigenvalue weighted by atomic mass is 35.5. The third-order valence-corrected chi connectivity index (χ3v) is 3.10. The molecular formula is C13H18ClN5. The quantitative estimate of drug-likeness (QED) is 0.866. The molecule has 0 unspecified atom stereocenters. The van der Waals surface area contributed by atoms with Crippen molar-refractivity contribution in [2.24, 2.45) is 0 Å². The van der Waals surface area contributed by atoms with Crippen LogP contribution in [0.25, 0.3) is 0 Å². The van der Waals surface area contributed by atoms with E-state index in [4.69, 9.17) is 11.6 Å². The van der Waals surface area contributed by atoms with E-state index < -0.39 is 0 Å². The van der Waals surface area contributed by atoms with Gasteiger partial charge in [-0.15, -0.1) is 0 Å². The molecule has 0 spiro atoms. The highest BCUT2D eigenvalue weighted by molar-refractivity contribution is 6.30. The van der Waals surface area contributed by atoms with Gasteiger partial charge >= 0.3 is 0 Å². The lowest BCUT2D eigenvalue weighted by Crippen LogP contribution is -2.05. The van der Waals surface area contributed by atoms with E-state index in [-0.39, 0.29) is 5.92 Å². The second-order valence-corrected chi connectivity index (χ2v) is 5.34. The standard InChI is InChI=1S/C13H18ClN5/c1-8(2)11-12(14)15-7-16-13(11)17-10-5-6-19(18-10)9(3)4/h5-9H,1-4H3,(H,15,16,17,18). The summed E-state index contributed by atoms with van der Waals surface area (Å²) >= 11 is 6.13. The summed E-state index contributed by atoms with van der Waals surface area (Å²) < 4.78 is 1.89. The van der Waals surface area contributed by atoms with E-state index in [1.165, 1.54) is 6.33 Å². The van der Waals surface area contributed by atoms with Gasteiger partial charge in [-0.1, -0.05) is 25.4 Å². The molecule has 2 rings (SSSR count). The summed E-state index contributed by atoms with van der Waals surface area (Å²) in [5, 5.41) is 8.12. The summed E-state index contributed by atoms with van der Waals surface area (Å²) in [5.41, 5.74) is 0.906. The van der Waals surface area contributed by atoms with E-state index in [1.807, 2.05) is 16.9 Å². The van der Waals surface area contributed by atoms with Crippen molar-refractivity contribution < 1.29 is 0 Å². The maximum atomic E-state index is 6.13. The number of rotatable bonds is 4. The normalized spacial score (nSPS) is 11.3. The van der Waals surface area contributed by atoms with Gasteiger partial charge in [-0.25, -0.2) is 9.97 Å². The number of halogens is 1. The molecule has 0 amide bonds. The molecule has 0 aliphatic rings. The van der Waals surface area contributed by atoms with Gasteiger partial charge in [-0.05, 0) is 19.8 Å². The molecule has 6 heteroatoms. The summed E-state index contributed by atoms with van der Waals surface area (Å²) in [4.78, 5) is 8.28. The number of anilines is 2. The smallest absolute Gasteiger partial charge is 0.153 e. The van der Waals surface area contributed by atoms with Crippen molar-refractivity contribution in [3.63, 3.8) is 0 Å². The Kier molecular flexibility index (Phi) is 4.04. The lowest BCUT2D eigenvalue weighted by atomic mass is 10.1. The molecule has 0 aromatic carbocycles. The van der Waals surface area contributed by atoms with Crippen LogP contribution in [0.2, 0.25) is 5.15 Å². The number of nitrogens with one attached hydrogen (secondary N) is 1. The van der Waals surface area contributed by atoms with Crippen LogP contribution >= 0.6 is 11.6 Å². The van der Waals surface area contributed by atoms with Crippen molar-refractivity contribution in [3.8, 4) is 0 Å². The van der Waals surface area contributed by atoms with E-state index >= 15 is 0 Å². The molecule has 0 aliphatic heterocycles. The average Bonchev–Trinajstić information content (AvgIpc) is 2.77. The van der Waals surface area contributed by atoms with E-state index in [0.717, 1.165) is 11.4 Å². The molecule has 0 saturated carbocycles. The fourth-order valence-electron chi connectivity index (χ4n) is 1.80. The lowest BCUT2D eigenvalue weighted by Gasteiger charge is -2.13. The number of hydrogen-bond donors (Lipinski definition) is 1. The highest BCUT2D eigenvalue weighted by Crippen LogP contribution is 2.29. The molecule has 2 aromatic rings. The lowest BCUT2D eigenvalue weighted by molar-refractivity contribution is 0.534. The summed E-state index contributed by atoms with van der Waals surface area (Å²) in [6, 6.07) is 2.24. The molecule has 0 radical (unpaired) electrons. The molecule has 0 atom stereocenters. The molecule has 0 aliphatic carbocycles. The number of hydrogen-bond acceptors (Lipinski definition) is 4. The number of nitrogens with zero attached hydrogens (tertiary/aromatic N) is 4. The van der Waals surface area contributed by atoms with Crippen LogP contribution in [0.1, 0.15) is 45.2 Å². The summed E-state index contributed by atoms with van der Waals surface area (Å²) in [6.45, 7) is 8.28. The fourth-order valence-corrected chi connectivity index (χ4v) is 2.15. The fraction of sp³-hybridized carbons (Fsp3) is 0.462. The Balaban J connectivity index is 2.30. The molecule has 2 heterocycles. The van der Waals surface area contributed by atoms with Gasteiger partial charge < -0.3 is 5.32 Å². The highest BCUT2D eigenvalue weighted by Gasteiger charge is 2.14. The third-order valence-electron chi connectivity index (χ3n) is 2.80. The zero-order valence-corrected chi connectivity index (χ0v) is 12.3. The van der Waals surface area contributed by atoms with Crippen molar-refractivity contribution in [1.82, 2.24) is 19.7 Å². The van der Waals surface area contributed by atoms with Gasteiger partial charge in [-0.2, -0.15) is 5.10 Å². The van der Waals surface area contributed by atoms with E-state index in [9.17, 15) is 0 Å². The molecule has 0 bridgehead atoms. The Morgan fingerprint density at radius 1 is 1.21 bits per heavy atom. The first-order valence-corrected chi connectivity index (χ1v) is 6.69. The van der Waals surface area contributed by atoms with Gasteiger partial charge in [0.15, 0.2) is 5.82 Å². The largest absolute Gasteiger partial charge is 0.323 e. The maximum Gasteiger partial charge on any atom is 0.153 e. The van der Waals surface area contributed by atoms with Crippen LogP contribution in [0.4, 0.5) is 11.6 Å². The van der Waals surface area contributed by atoms with Crippen molar-refractivity contribution in [1.29, 1.82) is 0 Å². The third kappa shape index (κ3) is 3.04. The van der Waals surface area contributed by atoms with Crippen molar-refractivity contribution in [3.05, 3.63) is 29.3 Å². The Labute approximate surface area is 118 Å². The molecular weight excluding hydrogens is 262 g/mol. The van der Waals surface area contributed by atoms with Gasteiger partial charge in [-0.3, -0.25) is 4.68 Å². The first-order valence-electron chi connectivity index (χ1n) is 6.31. The van der Waals surface area contributed by atoms with Gasteiger partial charge in [0.1, 0.15) is 17.3 Å². The molecule has 0 saturated heterocycles. The minimum Gasteiger partial charge on any atom is -0.323 e.